The fraction of sp³-hybridized carbons (Fsp3) is 0.290. The molecule has 6 rings (SSSR count). The van der Waals surface area contributed by atoms with Crippen molar-refractivity contribution in [2.24, 2.45) is 0 Å². The first kappa shape index (κ1) is 27.9. The molecular formula is C31H28F2N4O4S. The summed E-state index contributed by atoms with van der Waals surface area (Å²) in [5.41, 5.74) is 3.06. The number of ether oxygens (including phenoxy) is 3. The third kappa shape index (κ3) is 5.62. The highest BCUT2D eigenvalue weighted by atomic mass is 32.1. The van der Waals surface area contributed by atoms with Crippen molar-refractivity contribution in [3.8, 4) is 17.1 Å². The number of benzene rings is 2. The van der Waals surface area contributed by atoms with E-state index in [9.17, 15) is 4.79 Å². The number of aromatic nitrogens is 4. The highest BCUT2D eigenvalue weighted by molar-refractivity contribution is 7.11. The summed E-state index contributed by atoms with van der Waals surface area (Å²) in [6, 6.07) is 12.4. The summed E-state index contributed by atoms with van der Waals surface area (Å²) < 4.78 is 49.2. The molecule has 4 heterocycles. The van der Waals surface area contributed by atoms with Crippen molar-refractivity contribution in [1.82, 2.24) is 19.5 Å². The van der Waals surface area contributed by atoms with Gasteiger partial charge in [0.2, 0.25) is 5.88 Å². The molecule has 11 heteroatoms. The van der Waals surface area contributed by atoms with Crippen LogP contribution in [0.15, 0.2) is 48.5 Å². The van der Waals surface area contributed by atoms with E-state index in [0.717, 1.165) is 28.1 Å². The number of fused-ring (bicyclic) bond motifs is 1. The Morgan fingerprint density at radius 1 is 1.10 bits per heavy atom. The zero-order valence-electron chi connectivity index (χ0n) is 23.3. The number of methoxy groups -OCH3 is 1. The Kier molecular flexibility index (Phi) is 7.70. The van der Waals surface area contributed by atoms with Crippen LogP contribution in [0.4, 0.5) is 8.78 Å². The van der Waals surface area contributed by atoms with Crippen LogP contribution in [0, 0.1) is 25.5 Å². The molecule has 42 heavy (non-hydrogen) atoms. The smallest absolute Gasteiger partial charge is 0.337 e. The number of esters is 1. The lowest BCUT2D eigenvalue weighted by molar-refractivity contribution is -0.0589. The molecule has 0 bridgehead atoms. The lowest BCUT2D eigenvalue weighted by Gasteiger charge is -2.27. The molecule has 1 saturated heterocycles. The number of imidazole rings is 1. The van der Waals surface area contributed by atoms with Gasteiger partial charge in [0.15, 0.2) is 0 Å². The molecule has 0 saturated carbocycles. The molecule has 5 aromatic rings. The molecule has 1 atom stereocenters. The molecule has 2 aromatic carbocycles. The SMILES string of the molecule is COC(=O)c1ccc2nc(Cc3cc(F)c(-c4cccc(OCc5sc(C)nc5C)n4)cc3F)n(C[C@@H]3CCO3)c2c1. The maximum atomic E-state index is 15.5. The standard InChI is InChI=1S/C31H28F2N4O4S/c1-17-28(42-18(2)34-17)16-41-30-6-4-5-25(36-30)22-14-23(32)20(11-24(22)33)13-29-35-26-8-7-19(31(38)39-3)12-27(26)37(29)15-21-9-10-40-21/h4-8,11-12,14,21H,9-10,13,15-16H2,1-3H3/t21-/m0/s1. The largest absolute Gasteiger partial charge is 0.472 e. The Balaban J connectivity index is 1.28. The van der Waals surface area contributed by atoms with Gasteiger partial charge in [0.05, 0.1) is 57.6 Å². The zero-order chi connectivity index (χ0) is 29.4. The fourth-order valence-corrected chi connectivity index (χ4v) is 5.82. The molecule has 1 aliphatic heterocycles. The van der Waals surface area contributed by atoms with Crippen molar-refractivity contribution in [3.63, 3.8) is 0 Å². The predicted molar refractivity (Wildman–Crippen MR) is 154 cm³/mol. The quantitative estimate of drug-likeness (QED) is 0.189. The number of carbonyl (C=O) groups excluding carboxylic acids is 1. The van der Waals surface area contributed by atoms with E-state index in [0.29, 0.717) is 41.5 Å². The Hall–Kier alpha value is -4.22. The van der Waals surface area contributed by atoms with E-state index in [-0.39, 0.29) is 36.0 Å². The Bertz CT molecular complexity index is 1800. The molecule has 0 N–H and O–H groups in total. The normalized spacial score (nSPS) is 14.6. The Morgan fingerprint density at radius 2 is 1.93 bits per heavy atom. The van der Waals surface area contributed by atoms with Gasteiger partial charge < -0.3 is 18.8 Å². The van der Waals surface area contributed by atoms with Gasteiger partial charge in [-0.15, -0.1) is 11.3 Å². The second-order valence-corrected chi connectivity index (χ2v) is 11.4. The molecule has 0 unspecified atom stereocenters. The van der Waals surface area contributed by atoms with Gasteiger partial charge in [-0.05, 0) is 62.2 Å². The second-order valence-electron chi connectivity index (χ2n) is 10.1. The number of thiazole rings is 1. The number of pyridine rings is 1. The van der Waals surface area contributed by atoms with E-state index in [1.165, 1.54) is 13.2 Å². The number of nitrogens with zero attached hydrogens (tertiary/aromatic N) is 4. The van der Waals surface area contributed by atoms with Crippen LogP contribution >= 0.6 is 11.3 Å². The minimum Gasteiger partial charge on any atom is -0.472 e. The molecule has 0 amide bonds. The highest BCUT2D eigenvalue weighted by Crippen LogP contribution is 2.29. The lowest BCUT2D eigenvalue weighted by Crippen LogP contribution is -2.31. The van der Waals surface area contributed by atoms with E-state index in [1.807, 2.05) is 18.4 Å². The van der Waals surface area contributed by atoms with Crippen LogP contribution in [0.1, 0.15) is 43.7 Å². The van der Waals surface area contributed by atoms with Crippen molar-refractivity contribution >= 4 is 28.3 Å². The van der Waals surface area contributed by atoms with Gasteiger partial charge in [-0.1, -0.05) is 6.07 Å². The summed E-state index contributed by atoms with van der Waals surface area (Å²) >= 11 is 1.55. The van der Waals surface area contributed by atoms with Crippen LogP contribution in [0.5, 0.6) is 5.88 Å². The van der Waals surface area contributed by atoms with Crippen LogP contribution in [0.3, 0.4) is 0 Å². The van der Waals surface area contributed by atoms with Gasteiger partial charge in [0, 0.05) is 24.7 Å². The number of aryl methyl sites for hydroxylation is 2. The molecule has 0 aliphatic carbocycles. The molecule has 0 radical (unpaired) electrons. The van der Waals surface area contributed by atoms with Gasteiger partial charge >= 0.3 is 5.97 Å². The third-order valence-electron chi connectivity index (χ3n) is 7.26. The summed E-state index contributed by atoms with van der Waals surface area (Å²) in [6.07, 6.45) is 0.908. The zero-order valence-corrected chi connectivity index (χ0v) is 24.1. The van der Waals surface area contributed by atoms with E-state index in [2.05, 4.69) is 9.97 Å². The summed E-state index contributed by atoms with van der Waals surface area (Å²) in [6.45, 7) is 5.29. The fourth-order valence-electron chi connectivity index (χ4n) is 4.97. The first-order valence-electron chi connectivity index (χ1n) is 13.5. The average Bonchev–Trinajstić information content (AvgIpc) is 3.47. The predicted octanol–water partition coefficient (Wildman–Crippen LogP) is 6.20. The van der Waals surface area contributed by atoms with Crippen LogP contribution in [-0.4, -0.2) is 45.3 Å². The van der Waals surface area contributed by atoms with Crippen LogP contribution < -0.4 is 4.74 Å². The van der Waals surface area contributed by atoms with Crippen molar-refractivity contribution in [3.05, 3.63) is 92.7 Å². The van der Waals surface area contributed by atoms with Gasteiger partial charge in [0.1, 0.15) is 24.1 Å². The molecule has 1 aliphatic rings. The number of hydrogen-bond acceptors (Lipinski definition) is 8. The van der Waals surface area contributed by atoms with E-state index in [4.69, 9.17) is 19.2 Å². The molecule has 3 aromatic heterocycles. The van der Waals surface area contributed by atoms with Crippen molar-refractivity contribution in [2.75, 3.05) is 13.7 Å². The Morgan fingerprint density at radius 3 is 2.64 bits per heavy atom. The molecular weight excluding hydrogens is 562 g/mol. The van der Waals surface area contributed by atoms with Crippen molar-refractivity contribution < 1.29 is 27.8 Å². The van der Waals surface area contributed by atoms with E-state index >= 15 is 8.78 Å². The monoisotopic (exact) mass is 590 g/mol. The first-order valence-corrected chi connectivity index (χ1v) is 14.3. The van der Waals surface area contributed by atoms with E-state index in [1.54, 1.807) is 47.7 Å². The second kappa shape index (κ2) is 11.6. The van der Waals surface area contributed by atoms with Crippen LogP contribution in [0.25, 0.3) is 22.3 Å². The average molecular weight is 591 g/mol. The van der Waals surface area contributed by atoms with Gasteiger partial charge in [-0.2, -0.15) is 0 Å². The van der Waals surface area contributed by atoms with Crippen LogP contribution in [0.2, 0.25) is 0 Å². The summed E-state index contributed by atoms with van der Waals surface area (Å²) in [5.74, 6) is -0.811. The number of carbonyl (C=O) groups is 1. The molecule has 1 fully saturated rings. The summed E-state index contributed by atoms with van der Waals surface area (Å²) in [5, 5.41) is 0.948. The molecule has 216 valence electrons. The maximum absolute atomic E-state index is 15.5. The van der Waals surface area contributed by atoms with Gasteiger partial charge in [-0.3, -0.25) is 0 Å². The summed E-state index contributed by atoms with van der Waals surface area (Å²) in [4.78, 5) is 26.6. The minimum atomic E-state index is -0.608. The highest BCUT2D eigenvalue weighted by Gasteiger charge is 2.24. The minimum absolute atomic E-state index is 0.0171. The van der Waals surface area contributed by atoms with Gasteiger partial charge in [0.25, 0.3) is 0 Å². The topological polar surface area (TPSA) is 88.4 Å². The van der Waals surface area contributed by atoms with Crippen molar-refractivity contribution in [1.29, 1.82) is 0 Å². The Labute approximate surface area is 244 Å². The summed E-state index contributed by atoms with van der Waals surface area (Å²) in [7, 11) is 1.32. The van der Waals surface area contributed by atoms with E-state index < -0.39 is 17.6 Å². The molecule has 8 nitrogen and oxygen atoms in total. The maximum Gasteiger partial charge on any atom is 0.337 e. The number of rotatable bonds is 9. The first-order chi connectivity index (χ1) is 20.3. The number of hydrogen-bond donors (Lipinski definition) is 0. The van der Waals surface area contributed by atoms with Crippen molar-refractivity contribution in [2.45, 2.75) is 45.9 Å². The third-order valence-corrected chi connectivity index (χ3v) is 8.31. The van der Waals surface area contributed by atoms with Crippen LogP contribution in [-0.2, 0) is 29.0 Å². The van der Waals surface area contributed by atoms with Gasteiger partial charge in [-0.25, -0.2) is 28.5 Å². The lowest BCUT2D eigenvalue weighted by atomic mass is 10.0. The number of halogens is 2. The molecule has 0 spiro atoms.